The van der Waals surface area contributed by atoms with Gasteiger partial charge in [0.2, 0.25) is 11.8 Å². The van der Waals surface area contributed by atoms with Crippen LogP contribution in [0.5, 0.6) is 0 Å². The first-order chi connectivity index (χ1) is 43.7. The molecule has 94 heavy (non-hydrogen) atoms. The zero-order valence-corrected chi connectivity index (χ0v) is 62.2. The molecule has 554 valence electrons. The summed E-state index contributed by atoms with van der Waals surface area (Å²) in [4.78, 5) is 90.4. The smallest absolute Gasteiger partial charge is 0.410 e. The van der Waals surface area contributed by atoms with Crippen molar-refractivity contribution < 1.29 is 78.0 Å². The first kappa shape index (κ1) is 91.3. The van der Waals surface area contributed by atoms with Crippen LogP contribution in [0.2, 0.25) is 0 Å². The van der Waals surface area contributed by atoms with Crippen LogP contribution >= 0.6 is 0 Å². The van der Waals surface area contributed by atoms with Gasteiger partial charge in [-0.2, -0.15) is 0 Å². The van der Waals surface area contributed by atoms with Gasteiger partial charge in [0.05, 0.1) is 6.61 Å². The van der Waals surface area contributed by atoms with Gasteiger partial charge in [0, 0.05) is 71.7 Å². The average molecular weight is 1350 g/mol. The highest BCUT2D eigenvalue weighted by molar-refractivity contribution is 5.81. The molecule has 0 aromatic carbocycles. The molecule has 23 nitrogen and oxygen atoms in total. The topological polar surface area (TPSA) is 324 Å². The Balaban J connectivity index is 0. The summed E-state index contributed by atoms with van der Waals surface area (Å²) in [5, 5.41) is 60.7. The molecule has 7 amide bonds. The van der Waals surface area contributed by atoms with E-state index in [0.29, 0.717) is 90.3 Å². The highest BCUT2D eigenvalue weighted by Gasteiger charge is 2.34. The van der Waals surface area contributed by atoms with Crippen LogP contribution < -0.4 is 26.6 Å². The largest absolute Gasteiger partial charge is 0.444 e. The lowest BCUT2D eigenvalue weighted by Crippen LogP contribution is -2.52. The third kappa shape index (κ3) is 53.4. The Morgan fingerprint density at radius 3 is 1.20 bits per heavy atom. The molecule has 0 saturated heterocycles. The summed E-state index contributed by atoms with van der Waals surface area (Å²) in [7, 11) is 0. The van der Waals surface area contributed by atoms with E-state index in [-0.39, 0.29) is 30.8 Å². The second-order valence-corrected chi connectivity index (χ2v) is 30.2. The minimum Gasteiger partial charge on any atom is -0.444 e. The number of aliphatic hydroxyl groups excluding tert-OH is 5. The van der Waals surface area contributed by atoms with Crippen LogP contribution in [0.25, 0.3) is 0 Å². The zero-order valence-electron chi connectivity index (χ0n) is 62.2. The minimum atomic E-state index is -1.98. The first-order valence-corrected chi connectivity index (χ1v) is 35.8. The maximum absolute atomic E-state index is 13.6. The van der Waals surface area contributed by atoms with Gasteiger partial charge in [0.25, 0.3) is 5.91 Å². The molecule has 0 aromatic rings. The van der Waals surface area contributed by atoms with Crippen molar-refractivity contribution >= 4 is 42.1 Å². The molecule has 0 aliphatic heterocycles. The van der Waals surface area contributed by atoms with Crippen molar-refractivity contribution in [3.05, 3.63) is 0 Å². The van der Waals surface area contributed by atoms with Gasteiger partial charge in [-0.05, 0) is 158 Å². The predicted molar refractivity (Wildman–Crippen MR) is 372 cm³/mol. The van der Waals surface area contributed by atoms with Crippen LogP contribution in [0.1, 0.15) is 272 Å². The van der Waals surface area contributed by atoms with Gasteiger partial charge in [-0.15, -0.1) is 0 Å². The summed E-state index contributed by atoms with van der Waals surface area (Å²) < 4.78 is 22.3. The lowest BCUT2D eigenvalue weighted by atomic mass is 9.91. The van der Waals surface area contributed by atoms with E-state index in [2.05, 4.69) is 61.2 Å². The Morgan fingerprint density at radius 2 is 0.777 bits per heavy atom. The van der Waals surface area contributed by atoms with E-state index in [4.69, 9.17) is 24.1 Å². The van der Waals surface area contributed by atoms with E-state index in [9.17, 15) is 54.0 Å². The molecule has 0 bridgehead atoms. The number of ether oxygens (including phenoxy) is 4. The maximum atomic E-state index is 13.6. The van der Waals surface area contributed by atoms with Gasteiger partial charge in [-0.1, -0.05) is 131 Å². The molecule has 0 spiro atoms. The van der Waals surface area contributed by atoms with Crippen LogP contribution in [0.4, 0.5) is 19.2 Å². The van der Waals surface area contributed by atoms with Crippen LogP contribution in [0, 0.1) is 29.6 Å². The molecule has 0 rings (SSSR count). The van der Waals surface area contributed by atoms with Crippen molar-refractivity contribution in [1.29, 1.82) is 0 Å². The van der Waals surface area contributed by atoms with Crippen molar-refractivity contribution in [2.45, 2.75) is 319 Å². The van der Waals surface area contributed by atoms with E-state index >= 15 is 0 Å². The number of rotatable bonds is 47. The SMILES string of the molecule is CCC(=O)NCCCCCCC(CN(CCCCNC(=O)OC(C)(C)C)C(=O)OC(C)(C)C)CN(CCCCNC(=O)OC(C)(C)C)C(=O)OC(C)(C)C.CCC(C)CCCC(C)CCCCC(C)CCCC(C)CCC(=O)NCCNC(=O)[C@H](O)[C@@H](O)[C@H](O)[C@H](O)CO. The monoisotopic (exact) mass is 1350 g/mol. The van der Waals surface area contributed by atoms with Crippen molar-refractivity contribution in [2.24, 2.45) is 29.6 Å². The van der Waals surface area contributed by atoms with Crippen LogP contribution in [-0.2, 0) is 33.3 Å². The Labute approximate surface area is 568 Å². The minimum absolute atomic E-state index is 0.0393. The molecular formula is C71H139N7O16. The van der Waals surface area contributed by atoms with E-state index in [1.54, 1.807) is 9.80 Å². The first-order valence-electron chi connectivity index (χ1n) is 35.8. The molecule has 0 aliphatic carbocycles. The normalized spacial score (nSPS) is 14.5. The van der Waals surface area contributed by atoms with Crippen molar-refractivity contribution in [3.8, 4) is 0 Å². The number of alkyl carbamates (subject to hydrolysis) is 2. The Morgan fingerprint density at radius 1 is 0.404 bits per heavy atom. The number of amides is 7. The van der Waals surface area contributed by atoms with Gasteiger partial charge < -0.3 is 80.9 Å². The van der Waals surface area contributed by atoms with Crippen LogP contribution in [-0.4, -0.2) is 190 Å². The van der Waals surface area contributed by atoms with E-state index in [0.717, 1.165) is 62.7 Å². The van der Waals surface area contributed by atoms with Gasteiger partial charge in [-0.3, -0.25) is 14.4 Å². The number of nitrogens with zero attached hydrogens (tertiary/aromatic N) is 2. The number of hydrogen-bond donors (Lipinski definition) is 10. The number of unbranched alkanes of at least 4 members (excludes halogenated alkanes) is 6. The number of aliphatic hydroxyl groups is 5. The fourth-order valence-electron chi connectivity index (χ4n) is 10.0. The molecule has 0 radical (unpaired) electrons. The summed E-state index contributed by atoms with van der Waals surface area (Å²) in [5.41, 5.74) is -2.60. The molecule has 4 unspecified atom stereocenters. The van der Waals surface area contributed by atoms with Gasteiger partial charge in [-0.25, -0.2) is 19.2 Å². The van der Waals surface area contributed by atoms with Crippen molar-refractivity contribution in [3.63, 3.8) is 0 Å². The number of hydrogen-bond acceptors (Lipinski definition) is 16. The van der Waals surface area contributed by atoms with Crippen molar-refractivity contribution in [1.82, 2.24) is 36.4 Å². The molecule has 8 atom stereocenters. The second-order valence-electron chi connectivity index (χ2n) is 30.2. The summed E-state index contributed by atoms with van der Waals surface area (Å²) in [6.07, 6.45) is 13.4. The third-order valence-corrected chi connectivity index (χ3v) is 15.8. The number of carbonyl (C=O) groups excluding carboxylic acids is 7. The molecule has 0 aromatic heterocycles. The molecule has 10 N–H and O–H groups in total. The van der Waals surface area contributed by atoms with Gasteiger partial charge in [0.1, 0.15) is 40.7 Å². The second kappa shape index (κ2) is 50.6. The fourth-order valence-corrected chi connectivity index (χ4v) is 10.0. The predicted octanol–water partition coefficient (Wildman–Crippen LogP) is 11.5. The molecule has 0 saturated carbocycles. The molecule has 0 aliphatic rings. The zero-order chi connectivity index (χ0) is 72.1. The quantitative estimate of drug-likeness (QED) is 0.0200. The Bertz CT molecular complexity index is 1970. The lowest BCUT2D eigenvalue weighted by Gasteiger charge is -2.34. The van der Waals surface area contributed by atoms with E-state index < -0.39 is 83.7 Å². The highest BCUT2D eigenvalue weighted by atomic mass is 16.6. The van der Waals surface area contributed by atoms with Crippen LogP contribution in [0.15, 0.2) is 0 Å². The van der Waals surface area contributed by atoms with Crippen molar-refractivity contribution in [2.75, 3.05) is 65.5 Å². The summed E-state index contributed by atoms with van der Waals surface area (Å²) >= 11 is 0. The Kier molecular flexibility index (Phi) is 49.2. The molecule has 0 fully saturated rings. The molecule has 23 heteroatoms. The van der Waals surface area contributed by atoms with Crippen LogP contribution in [0.3, 0.4) is 0 Å². The standard InChI is InChI=1S/C40H77N5O9.C31H62N2O7/c1-14-32(46)41-24-18-16-15-17-23-31(29-44(35(49)53-39(8,9)10)27-21-19-25-42-33(47)51-37(2,3)4)30-45(36(50)54-40(11,12)13)28-22-20-26-43-34(48)52-38(5,6)7;1-6-22(2)13-9-14-23(3)11-7-8-12-24(4)15-10-16-25(5)17-18-27(36)32-19-20-33-31(40)30(39)29(38)28(37)26(35)21-34/h31H,14-30H2,1-13H3,(H,41,46)(H,42,47)(H,43,48);22-26,28-30,34-35,37-39H,6-21H2,1-5H3,(H,32,36)(H,33,40)/t;22?,23?,24?,25?,26-,28-,29+,30-/m.1/s1. The number of carbonyl (C=O) groups is 7. The maximum Gasteiger partial charge on any atom is 0.410 e. The van der Waals surface area contributed by atoms with E-state index in [1.807, 2.05) is 90.0 Å². The third-order valence-electron chi connectivity index (χ3n) is 15.8. The fraction of sp³-hybridized carbons (Fsp3) is 0.901. The van der Waals surface area contributed by atoms with E-state index in [1.165, 1.54) is 64.2 Å². The highest BCUT2D eigenvalue weighted by Crippen LogP contribution is 2.25. The average Bonchev–Trinajstić information content (AvgIpc) is 1.11. The summed E-state index contributed by atoms with van der Waals surface area (Å²) in [5.74, 6) is 1.81. The van der Waals surface area contributed by atoms with Gasteiger partial charge in [0.15, 0.2) is 6.10 Å². The molecule has 0 heterocycles. The summed E-state index contributed by atoms with van der Waals surface area (Å²) in [6, 6.07) is 0. The summed E-state index contributed by atoms with van der Waals surface area (Å²) in [6.45, 7) is 37.6. The Hall–Kier alpha value is -4.71. The molecular weight excluding hydrogens is 1210 g/mol. The number of nitrogens with one attached hydrogen (secondary N) is 5. The lowest BCUT2D eigenvalue weighted by molar-refractivity contribution is -0.148. The van der Waals surface area contributed by atoms with Gasteiger partial charge >= 0.3 is 24.4 Å².